The van der Waals surface area contributed by atoms with E-state index in [0.717, 1.165) is 22.7 Å². The van der Waals surface area contributed by atoms with Crippen LogP contribution in [0.2, 0.25) is 0 Å². The summed E-state index contributed by atoms with van der Waals surface area (Å²) < 4.78 is 26.8. The fourth-order valence-corrected chi connectivity index (χ4v) is 2.18. The maximum absolute atomic E-state index is 13.6. The number of para-hydroxylation sites is 1. The Labute approximate surface area is 109 Å². The zero-order valence-corrected chi connectivity index (χ0v) is 10.4. The number of aromatic nitrogens is 2. The normalized spacial score (nSPS) is 11.1. The Morgan fingerprint density at radius 1 is 1.11 bits per heavy atom. The Bertz CT molecular complexity index is 747. The summed E-state index contributed by atoms with van der Waals surface area (Å²) in [7, 11) is 0. The molecule has 3 aromatic rings. The van der Waals surface area contributed by atoms with E-state index in [9.17, 15) is 8.78 Å². The average Bonchev–Trinajstić information content (AvgIpc) is 2.79. The largest absolute Gasteiger partial charge is 0.342 e. The van der Waals surface area contributed by atoms with E-state index in [1.807, 2.05) is 25.1 Å². The lowest BCUT2D eigenvalue weighted by molar-refractivity contribution is 0.500. The van der Waals surface area contributed by atoms with Crippen molar-refractivity contribution < 1.29 is 8.78 Å². The number of aromatic amines is 1. The Morgan fingerprint density at radius 3 is 2.68 bits per heavy atom. The molecule has 19 heavy (non-hydrogen) atoms. The van der Waals surface area contributed by atoms with E-state index in [2.05, 4.69) is 9.97 Å². The third-order valence-corrected chi connectivity index (χ3v) is 3.15. The standard InChI is InChI=1S/C15H12F2N2/c1-9-4-2-7-12-15(9)19-13(18-12)8-10-5-3-6-11(16)14(10)17/h2-7H,8H2,1H3,(H,18,19). The minimum absolute atomic E-state index is 0.248. The van der Waals surface area contributed by atoms with Gasteiger partial charge in [0.05, 0.1) is 11.0 Å². The Balaban J connectivity index is 2.02. The molecule has 0 radical (unpaired) electrons. The van der Waals surface area contributed by atoms with Crippen molar-refractivity contribution in [3.8, 4) is 0 Å². The first-order valence-corrected chi connectivity index (χ1v) is 6.02. The van der Waals surface area contributed by atoms with E-state index in [0.29, 0.717) is 11.4 Å². The van der Waals surface area contributed by atoms with Crippen LogP contribution in [-0.2, 0) is 6.42 Å². The van der Waals surface area contributed by atoms with Crippen LogP contribution in [0.25, 0.3) is 11.0 Å². The van der Waals surface area contributed by atoms with Crippen molar-refractivity contribution in [3.05, 3.63) is 65.0 Å². The van der Waals surface area contributed by atoms with E-state index in [1.54, 1.807) is 6.07 Å². The molecule has 0 aliphatic heterocycles. The number of nitrogens with zero attached hydrogens (tertiary/aromatic N) is 1. The fraction of sp³-hybridized carbons (Fsp3) is 0.133. The first kappa shape index (κ1) is 11.8. The summed E-state index contributed by atoms with van der Waals surface area (Å²) in [6.45, 7) is 1.97. The third-order valence-electron chi connectivity index (χ3n) is 3.15. The third kappa shape index (κ3) is 2.10. The van der Waals surface area contributed by atoms with Crippen LogP contribution in [0.15, 0.2) is 36.4 Å². The Morgan fingerprint density at radius 2 is 1.89 bits per heavy atom. The topological polar surface area (TPSA) is 28.7 Å². The summed E-state index contributed by atoms with van der Waals surface area (Å²) in [6.07, 6.45) is 0.248. The van der Waals surface area contributed by atoms with E-state index in [1.165, 1.54) is 6.07 Å². The number of nitrogens with one attached hydrogen (secondary N) is 1. The highest BCUT2D eigenvalue weighted by Gasteiger charge is 2.11. The lowest BCUT2D eigenvalue weighted by Gasteiger charge is -2.01. The highest BCUT2D eigenvalue weighted by atomic mass is 19.2. The van der Waals surface area contributed by atoms with Gasteiger partial charge in [0, 0.05) is 6.42 Å². The molecule has 0 spiro atoms. The summed E-state index contributed by atoms with van der Waals surface area (Å²) in [5.74, 6) is -1.00. The van der Waals surface area contributed by atoms with Crippen LogP contribution in [0.4, 0.5) is 8.78 Å². The maximum Gasteiger partial charge on any atom is 0.162 e. The number of H-pyrrole nitrogens is 1. The van der Waals surface area contributed by atoms with Gasteiger partial charge in [0.15, 0.2) is 11.6 Å². The quantitative estimate of drug-likeness (QED) is 0.745. The zero-order valence-electron chi connectivity index (χ0n) is 10.4. The molecular formula is C15H12F2N2. The molecule has 0 saturated heterocycles. The monoisotopic (exact) mass is 258 g/mol. The Hall–Kier alpha value is -2.23. The van der Waals surface area contributed by atoms with E-state index < -0.39 is 11.6 Å². The number of halogens is 2. The molecule has 0 saturated carbocycles. The second kappa shape index (κ2) is 4.46. The predicted molar refractivity (Wildman–Crippen MR) is 70.0 cm³/mol. The van der Waals surface area contributed by atoms with Gasteiger partial charge in [-0.1, -0.05) is 24.3 Å². The van der Waals surface area contributed by atoms with E-state index in [-0.39, 0.29) is 6.42 Å². The molecule has 0 fully saturated rings. The number of benzene rings is 2. The molecule has 96 valence electrons. The summed E-state index contributed by atoms with van der Waals surface area (Å²) in [5, 5.41) is 0. The van der Waals surface area contributed by atoms with Gasteiger partial charge in [-0.15, -0.1) is 0 Å². The highest BCUT2D eigenvalue weighted by molar-refractivity contribution is 5.78. The summed E-state index contributed by atoms with van der Waals surface area (Å²) in [4.78, 5) is 7.56. The zero-order chi connectivity index (χ0) is 13.4. The van der Waals surface area contributed by atoms with Crippen molar-refractivity contribution in [2.75, 3.05) is 0 Å². The number of aryl methyl sites for hydroxylation is 1. The summed E-state index contributed by atoms with van der Waals surface area (Å²) in [5.41, 5.74) is 3.14. The van der Waals surface area contributed by atoms with E-state index in [4.69, 9.17) is 0 Å². The van der Waals surface area contributed by atoms with Crippen LogP contribution < -0.4 is 0 Å². The molecule has 0 amide bonds. The Kier molecular flexibility index (Phi) is 2.78. The second-order valence-corrected chi connectivity index (χ2v) is 4.54. The van der Waals surface area contributed by atoms with Gasteiger partial charge in [-0.3, -0.25) is 0 Å². The molecule has 1 heterocycles. The van der Waals surface area contributed by atoms with Gasteiger partial charge in [-0.2, -0.15) is 0 Å². The molecule has 2 aromatic carbocycles. The smallest absolute Gasteiger partial charge is 0.162 e. The SMILES string of the molecule is Cc1cccc2[nH]c(Cc3cccc(F)c3F)nc12. The second-order valence-electron chi connectivity index (χ2n) is 4.54. The first-order valence-electron chi connectivity index (χ1n) is 6.02. The van der Waals surface area contributed by atoms with Crippen molar-refractivity contribution in [1.29, 1.82) is 0 Å². The maximum atomic E-state index is 13.6. The number of hydrogen-bond donors (Lipinski definition) is 1. The summed E-state index contributed by atoms with van der Waals surface area (Å²) >= 11 is 0. The number of rotatable bonds is 2. The van der Waals surface area contributed by atoms with Gasteiger partial charge in [-0.05, 0) is 30.2 Å². The molecule has 0 aliphatic carbocycles. The minimum Gasteiger partial charge on any atom is -0.342 e. The van der Waals surface area contributed by atoms with E-state index >= 15 is 0 Å². The van der Waals surface area contributed by atoms with Crippen molar-refractivity contribution in [2.45, 2.75) is 13.3 Å². The van der Waals surface area contributed by atoms with Crippen LogP contribution >= 0.6 is 0 Å². The van der Waals surface area contributed by atoms with Crippen molar-refractivity contribution in [3.63, 3.8) is 0 Å². The molecule has 3 rings (SSSR count). The van der Waals surface area contributed by atoms with Gasteiger partial charge < -0.3 is 4.98 Å². The van der Waals surface area contributed by atoms with Crippen LogP contribution in [-0.4, -0.2) is 9.97 Å². The molecular weight excluding hydrogens is 246 g/mol. The molecule has 1 N–H and O–H groups in total. The van der Waals surface area contributed by atoms with Gasteiger partial charge in [-0.25, -0.2) is 13.8 Å². The highest BCUT2D eigenvalue weighted by Crippen LogP contribution is 2.19. The molecule has 0 unspecified atom stereocenters. The number of fused-ring (bicyclic) bond motifs is 1. The van der Waals surface area contributed by atoms with Crippen LogP contribution in [0.5, 0.6) is 0 Å². The number of imidazole rings is 1. The molecule has 0 aliphatic rings. The predicted octanol–water partition coefficient (Wildman–Crippen LogP) is 3.74. The van der Waals surface area contributed by atoms with Crippen molar-refractivity contribution in [1.82, 2.24) is 9.97 Å². The lowest BCUT2D eigenvalue weighted by Crippen LogP contribution is -1.97. The average molecular weight is 258 g/mol. The fourth-order valence-electron chi connectivity index (χ4n) is 2.18. The van der Waals surface area contributed by atoms with Gasteiger partial charge >= 0.3 is 0 Å². The number of hydrogen-bond acceptors (Lipinski definition) is 1. The first-order chi connectivity index (χ1) is 9.15. The molecule has 2 nitrogen and oxygen atoms in total. The van der Waals surface area contributed by atoms with Gasteiger partial charge in [0.25, 0.3) is 0 Å². The molecule has 0 bridgehead atoms. The van der Waals surface area contributed by atoms with Gasteiger partial charge in [0.2, 0.25) is 0 Å². The molecule has 1 aromatic heterocycles. The molecule has 4 heteroatoms. The van der Waals surface area contributed by atoms with Gasteiger partial charge in [0.1, 0.15) is 5.82 Å². The summed E-state index contributed by atoms with van der Waals surface area (Å²) in [6, 6.07) is 10.0. The van der Waals surface area contributed by atoms with Crippen LogP contribution in [0.1, 0.15) is 17.0 Å². The van der Waals surface area contributed by atoms with Crippen molar-refractivity contribution >= 4 is 11.0 Å². The lowest BCUT2D eigenvalue weighted by atomic mass is 10.1. The van der Waals surface area contributed by atoms with Crippen LogP contribution in [0, 0.1) is 18.6 Å². The van der Waals surface area contributed by atoms with Crippen molar-refractivity contribution in [2.24, 2.45) is 0 Å². The molecule has 0 atom stereocenters. The minimum atomic E-state index is -0.829. The van der Waals surface area contributed by atoms with Crippen LogP contribution in [0.3, 0.4) is 0 Å².